The molecule has 33 heavy (non-hydrogen) atoms. The molecule has 4 rings (SSSR count). The predicted octanol–water partition coefficient (Wildman–Crippen LogP) is 3.79. The number of fused-ring (bicyclic) bond motifs is 2. The van der Waals surface area contributed by atoms with Crippen LogP contribution < -0.4 is 5.32 Å². The molecule has 0 radical (unpaired) electrons. The van der Waals surface area contributed by atoms with Gasteiger partial charge in [0.2, 0.25) is 15.9 Å². The number of carbonyl (C=O) groups is 1. The van der Waals surface area contributed by atoms with Gasteiger partial charge in [0.15, 0.2) is 0 Å². The standard InChI is InChI=1S/C25H28N4O3S/c1-17(20-11-7-9-18-8-5-6-10-21(18)20)26-25(30)15-14-24-27-22-16-19(33(31,32)28(2)3)12-13-23(22)29(24)4/h5-13,16-17H,14-15H2,1-4H3,(H,26,30). The molecule has 0 bridgehead atoms. The minimum Gasteiger partial charge on any atom is -0.350 e. The van der Waals surface area contributed by atoms with E-state index in [1.165, 1.54) is 18.4 Å². The van der Waals surface area contributed by atoms with Crippen molar-refractivity contribution in [3.63, 3.8) is 0 Å². The van der Waals surface area contributed by atoms with Crippen LogP contribution in [0.3, 0.4) is 0 Å². The van der Waals surface area contributed by atoms with Crippen LogP contribution in [0.4, 0.5) is 0 Å². The second-order valence-electron chi connectivity index (χ2n) is 8.38. The molecule has 8 heteroatoms. The molecular weight excluding hydrogens is 436 g/mol. The van der Waals surface area contributed by atoms with E-state index in [1.54, 1.807) is 18.2 Å². The van der Waals surface area contributed by atoms with Crippen molar-refractivity contribution in [3.05, 3.63) is 72.1 Å². The van der Waals surface area contributed by atoms with Crippen LogP contribution in [-0.4, -0.2) is 42.3 Å². The van der Waals surface area contributed by atoms with E-state index >= 15 is 0 Å². The Labute approximate surface area is 194 Å². The number of hydrogen-bond acceptors (Lipinski definition) is 4. The molecule has 0 spiro atoms. The highest BCUT2D eigenvalue weighted by molar-refractivity contribution is 7.89. The van der Waals surface area contributed by atoms with Crippen molar-refractivity contribution in [1.29, 1.82) is 0 Å². The summed E-state index contributed by atoms with van der Waals surface area (Å²) in [5.41, 5.74) is 2.51. The molecule has 1 heterocycles. The first-order chi connectivity index (χ1) is 15.7. The van der Waals surface area contributed by atoms with Gasteiger partial charge in [0, 0.05) is 34.0 Å². The van der Waals surface area contributed by atoms with Crippen LogP contribution in [0.15, 0.2) is 65.6 Å². The van der Waals surface area contributed by atoms with E-state index < -0.39 is 10.0 Å². The van der Waals surface area contributed by atoms with Gasteiger partial charge in [-0.15, -0.1) is 0 Å². The first-order valence-electron chi connectivity index (χ1n) is 10.8. The van der Waals surface area contributed by atoms with Gasteiger partial charge >= 0.3 is 0 Å². The van der Waals surface area contributed by atoms with Gasteiger partial charge in [-0.05, 0) is 41.5 Å². The fraction of sp³-hybridized carbons (Fsp3) is 0.280. The van der Waals surface area contributed by atoms with Gasteiger partial charge in [-0.1, -0.05) is 42.5 Å². The quantitative estimate of drug-likeness (QED) is 0.451. The topological polar surface area (TPSA) is 84.3 Å². The molecule has 7 nitrogen and oxygen atoms in total. The third-order valence-corrected chi connectivity index (χ3v) is 7.78. The maximum atomic E-state index is 12.7. The molecule has 0 aliphatic carbocycles. The van der Waals surface area contributed by atoms with Crippen LogP contribution in [0.1, 0.15) is 30.8 Å². The lowest BCUT2D eigenvalue weighted by Gasteiger charge is -2.16. The van der Waals surface area contributed by atoms with Crippen molar-refractivity contribution in [1.82, 2.24) is 19.2 Å². The lowest BCUT2D eigenvalue weighted by atomic mass is 9.99. The lowest BCUT2D eigenvalue weighted by molar-refractivity contribution is -0.121. The Morgan fingerprint density at radius 1 is 1.09 bits per heavy atom. The number of rotatable bonds is 7. The van der Waals surface area contributed by atoms with E-state index in [0.717, 1.165) is 27.7 Å². The van der Waals surface area contributed by atoms with Gasteiger partial charge < -0.3 is 9.88 Å². The van der Waals surface area contributed by atoms with Gasteiger partial charge in [0.25, 0.3) is 0 Å². The fourth-order valence-electron chi connectivity index (χ4n) is 4.07. The van der Waals surface area contributed by atoms with Crippen molar-refractivity contribution in [2.24, 2.45) is 7.05 Å². The molecule has 3 aromatic carbocycles. The molecule has 0 saturated heterocycles. The van der Waals surface area contributed by atoms with Crippen LogP contribution in [0, 0.1) is 0 Å². The van der Waals surface area contributed by atoms with Crippen LogP contribution in [-0.2, 0) is 28.3 Å². The molecule has 4 aromatic rings. The lowest BCUT2D eigenvalue weighted by Crippen LogP contribution is -2.27. The monoisotopic (exact) mass is 464 g/mol. The molecule has 1 amide bonds. The molecule has 1 aromatic heterocycles. The predicted molar refractivity (Wildman–Crippen MR) is 130 cm³/mol. The van der Waals surface area contributed by atoms with Gasteiger partial charge in [-0.2, -0.15) is 0 Å². The van der Waals surface area contributed by atoms with Crippen LogP contribution in [0.2, 0.25) is 0 Å². The number of hydrogen-bond donors (Lipinski definition) is 1. The molecule has 1 atom stereocenters. The Balaban J connectivity index is 1.47. The van der Waals surface area contributed by atoms with Crippen LogP contribution in [0.5, 0.6) is 0 Å². The summed E-state index contributed by atoms with van der Waals surface area (Å²) in [6.45, 7) is 1.99. The number of carbonyl (C=O) groups excluding carboxylic acids is 1. The molecule has 0 aliphatic rings. The smallest absolute Gasteiger partial charge is 0.242 e. The largest absolute Gasteiger partial charge is 0.350 e. The fourth-order valence-corrected chi connectivity index (χ4v) is 4.99. The highest BCUT2D eigenvalue weighted by atomic mass is 32.2. The van der Waals surface area contributed by atoms with E-state index in [2.05, 4.69) is 28.5 Å². The summed E-state index contributed by atoms with van der Waals surface area (Å²) in [4.78, 5) is 17.5. The second kappa shape index (κ2) is 8.96. The number of amides is 1. The van der Waals surface area contributed by atoms with Gasteiger partial charge in [-0.25, -0.2) is 17.7 Å². The molecule has 1 N–H and O–H groups in total. The highest BCUT2D eigenvalue weighted by Gasteiger charge is 2.19. The van der Waals surface area contributed by atoms with Crippen molar-refractivity contribution in [2.75, 3.05) is 14.1 Å². The highest BCUT2D eigenvalue weighted by Crippen LogP contribution is 2.25. The number of nitrogens with one attached hydrogen (secondary N) is 1. The molecular formula is C25H28N4O3S. The summed E-state index contributed by atoms with van der Waals surface area (Å²) in [5, 5.41) is 5.37. The number of nitrogens with zero attached hydrogens (tertiary/aromatic N) is 3. The molecule has 0 fully saturated rings. The Bertz CT molecular complexity index is 1440. The number of aromatic nitrogens is 2. The minimum absolute atomic E-state index is 0.0571. The Morgan fingerprint density at radius 3 is 2.58 bits per heavy atom. The number of benzene rings is 3. The Hall–Kier alpha value is -3.23. The zero-order chi connectivity index (χ0) is 23.8. The van der Waals surface area contributed by atoms with E-state index in [1.807, 2.05) is 42.8 Å². The van der Waals surface area contributed by atoms with E-state index in [-0.39, 0.29) is 23.3 Å². The van der Waals surface area contributed by atoms with E-state index in [0.29, 0.717) is 11.9 Å². The zero-order valence-corrected chi connectivity index (χ0v) is 20.1. The molecule has 1 unspecified atom stereocenters. The number of sulfonamides is 1. The Morgan fingerprint density at radius 2 is 1.82 bits per heavy atom. The summed E-state index contributed by atoms with van der Waals surface area (Å²) in [6, 6.07) is 19.0. The van der Waals surface area contributed by atoms with Gasteiger partial charge in [-0.3, -0.25) is 4.79 Å². The maximum Gasteiger partial charge on any atom is 0.242 e. The second-order valence-corrected chi connectivity index (χ2v) is 10.5. The van der Waals surface area contributed by atoms with Crippen molar-refractivity contribution < 1.29 is 13.2 Å². The van der Waals surface area contributed by atoms with Crippen LogP contribution in [0.25, 0.3) is 21.8 Å². The van der Waals surface area contributed by atoms with Crippen molar-refractivity contribution in [3.8, 4) is 0 Å². The maximum absolute atomic E-state index is 12.7. The van der Waals surface area contributed by atoms with Gasteiger partial charge in [0.1, 0.15) is 5.82 Å². The normalized spacial score (nSPS) is 13.0. The van der Waals surface area contributed by atoms with E-state index in [4.69, 9.17) is 0 Å². The molecule has 172 valence electrons. The number of aryl methyl sites for hydroxylation is 2. The first-order valence-corrected chi connectivity index (χ1v) is 12.3. The third kappa shape index (κ3) is 4.49. The summed E-state index contributed by atoms with van der Waals surface area (Å²) in [5.74, 6) is 0.677. The summed E-state index contributed by atoms with van der Waals surface area (Å²) in [7, 11) is 1.35. The average Bonchev–Trinajstić information content (AvgIpc) is 3.12. The SMILES string of the molecule is CC(NC(=O)CCc1nc2cc(S(=O)(=O)N(C)C)ccc2n1C)c1cccc2ccccc12. The van der Waals surface area contributed by atoms with E-state index in [9.17, 15) is 13.2 Å². The minimum atomic E-state index is -3.53. The zero-order valence-electron chi connectivity index (χ0n) is 19.2. The first kappa shape index (κ1) is 22.9. The summed E-state index contributed by atoms with van der Waals surface area (Å²) < 4.78 is 27.9. The molecule has 0 aliphatic heterocycles. The Kier molecular flexibility index (Phi) is 6.23. The summed E-state index contributed by atoms with van der Waals surface area (Å²) >= 11 is 0. The van der Waals surface area contributed by atoms with Crippen LogP contribution >= 0.6 is 0 Å². The third-order valence-electron chi connectivity index (χ3n) is 5.97. The number of imidazole rings is 1. The molecule has 0 saturated carbocycles. The van der Waals surface area contributed by atoms with Crippen molar-refractivity contribution in [2.45, 2.75) is 30.7 Å². The average molecular weight is 465 g/mol. The van der Waals surface area contributed by atoms with Gasteiger partial charge in [0.05, 0.1) is 22.0 Å². The summed E-state index contributed by atoms with van der Waals surface area (Å²) in [6.07, 6.45) is 0.740. The van der Waals surface area contributed by atoms with Crippen molar-refractivity contribution >= 4 is 37.7 Å².